The van der Waals surface area contributed by atoms with Crippen molar-refractivity contribution in [1.29, 1.82) is 0 Å². The Balaban J connectivity index is 1.40. The van der Waals surface area contributed by atoms with E-state index in [-0.39, 0.29) is 6.10 Å². The van der Waals surface area contributed by atoms with Crippen LogP contribution >= 0.6 is 0 Å². The summed E-state index contributed by atoms with van der Waals surface area (Å²) in [6.45, 7) is 1.45. The van der Waals surface area contributed by atoms with Crippen LogP contribution in [0.2, 0.25) is 0 Å². The predicted molar refractivity (Wildman–Crippen MR) is 98.4 cm³/mol. The Morgan fingerprint density at radius 3 is 2.68 bits per heavy atom. The Bertz CT molecular complexity index is 763. The number of nitrogens with zero attached hydrogens (tertiary/aromatic N) is 1. The highest BCUT2D eigenvalue weighted by Gasteiger charge is 2.17. The lowest BCUT2D eigenvalue weighted by Crippen LogP contribution is -2.25. The maximum absolute atomic E-state index is 5.89. The van der Waals surface area contributed by atoms with Crippen molar-refractivity contribution in [1.82, 2.24) is 4.98 Å². The second-order valence-corrected chi connectivity index (χ2v) is 6.83. The summed E-state index contributed by atoms with van der Waals surface area (Å²) >= 11 is 0. The van der Waals surface area contributed by atoms with Crippen LogP contribution in [-0.4, -0.2) is 24.3 Å². The minimum atomic E-state index is 0.210. The molecule has 3 nitrogen and oxygen atoms in total. The van der Waals surface area contributed by atoms with Crippen LogP contribution in [0.1, 0.15) is 37.7 Å². The Labute approximate surface area is 149 Å². The summed E-state index contributed by atoms with van der Waals surface area (Å²) in [5.41, 5.74) is 3.26. The highest BCUT2D eigenvalue weighted by atomic mass is 16.5. The van der Waals surface area contributed by atoms with Crippen molar-refractivity contribution in [3.8, 4) is 28.7 Å². The molecule has 4 rings (SSSR count). The molecule has 1 aliphatic carbocycles. The van der Waals surface area contributed by atoms with Gasteiger partial charge in [-0.05, 0) is 55.9 Å². The van der Waals surface area contributed by atoms with Gasteiger partial charge in [0.15, 0.2) is 0 Å². The van der Waals surface area contributed by atoms with Crippen molar-refractivity contribution in [2.45, 2.75) is 38.2 Å². The number of aromatic nitrogens is 1. The lowest BCUT2D eigenvalue weighted by atomic mass is 10.1. The van der Waals surface area contributed by atoms with E-state index in [1.54, 1.807) is 6.20 Å². The number of hydrogen-bond donors (Lipinski definition) is 0. The topological polar surface area (TPSA) is 31.4 Å². The standard InChI is InChI=1S/C22H23NO2/c1-2-12-24-21(3-1)16-25-22-13-20(14-23-15-22)19-10-8-18(9-11-19)7-6-17-4-5-17/h8-11,13-15,17,21H,1-5,12,16H2/t21-/m1/s1. The summed E-state index contributed by atoms with van der Waals surface area (Å²) in [6.07, 6.45) is 9.83. The molecule has 1 saturated heterocycles. The Hall–Kier alpha value is -2.31. The molecule has 0 unspecified atom stereocenters. The lowest BCUT2D eigenvalue weighted by Gasteiger charge is -2.22. The molecule has 25 heavy (non-hydrogen) atoms. The molecule has 3 heteroatoms. The molecular formula is C22H23NO2. The number of pyridine rings is 1. The van der Waals surface area contributed by atoms with Gasteiger partial charge in [0.1, 0.15) is 12.4 Å². The number of benzene rings is 1. The highest BCUT2D eigenvalue weighted by Crippen LogP contribution is 2.28. The third-order valence-electron chi connectivity index (χ3n) is 4.64. The van der Waals surface area contributed by atoms with E-state index in [2.05, 4.69) is 41.1 Å². The third kappa shape index (κ3) is 4.61. The summed E-state index contributed by atoms with van der Waals surface area (Å²) in [5, 5.41) is 0. The summed E-state index contributed by atoms with van der Waals surface area (Å²) in [5.74, 6) is 7.97. The Morgan fingerprint density at radius 1 is 1.04 bits per heavy atom. The molecule has 128 valence electrons. The number of hydrogen-bond acceptors (Lipinski definition) is 3. The van der Waals surface area contributed by atoms with Crippen LogP contribution < -0.4 is 4.74 Å². The quantitative estimate of drug-likeness (QED) is 0.774. The second kappa shape index (κ2) is 7.72. The van der Waals surface area contributed by atoms with Gasteiger partial charge in [0.2, 0.25) is 0 Å². The zero-order valence-corrected chi connectivity index (χ0v) is 14.4. The Kier molecular flexibility index (Phi) is 4.99. The van der Waals surface area contributed by atoms with E-state index in [1.165, 1.54) is 19.3 Å². The molecule has 1 aliphatic heterocycles. The van der Waals surface area contributed by atoms with Crippen LogP contribution in [0.4, 0.5) is 0 Å². The first-order valence-corrected chi connectivity index (χ1v) is 9.18. The molecule has 1 aromatic carbocycles. The first-order chi connectivity index (χ1) is 12.4. The van der Waals surface area contributed by atoms with Gasteiger partial charge < -0.3 is 9.47 Å². The molecule has 2 aliphatic rings. The molecule has 0 radical (unpaired) electrons. The SMILES string of the molecule is C(#CC1CC1)c1ccc(-c2cncc(OC[C@H]3CCCCO3)c2)cc1. The van der Waals surface area contributed by atoms with E-state index < -0.39 is 0 Å². The largest absolute Gasteiger partial charge is 0.489 e. The van der Waals surface area contributed by atoms with E-state index in [9.17, 15) is 0 Å². The molecule has 2 aromatic rings. The minimum absolute atomic E-state index is 0.210. The molecule has 1 aromatic heterocycles. The summed E-state index contributed by atoms with van der Waals surface area (Å²) < 4.78 is 11.6. The fourth-order valence-corrected chi connectivity index (χ4v) is 2.94. The first kappa shape index (κ1) is 16.2. The van der Waals surface area contributed by atoms with Crippen molar-refractivity contribution in [3.05, 3.63) is 48.3 Å². The minimum Gasteiger partial charge on any atom is -0.489 e. The fourth-order valence-electron chi connectivity index (χ4n) is 2.94. The monoisotopic (exact) mass is 333 g/mol. The van der Waals surface area contributed by atoms with E-state index >= 15 is 0 Å². The van der Waals surface area contributed by atoms with E-state index in [0.29, 0.717) is 12.5 Å². The number of ether oxygens (including phenoxy) is 2. The average molecular weight is 333 g/mol. The van der Waals surface area contributed by atoms with Crippen molar-refractivity contribution in [2.75, 3.05) is 13.2 Å². The van der Waals surface area contributed by atoms with Crippen LogP contribution in [0.25, 0.3) is 11.1 Å². The molecule has 2 heterocycles. The van der Waals surface area contributed by atoms with Crippen LogP contribution in [0.5, 0.6) is 5.75 Å². The van der Waals surface area contributed by atoms with E-state index in [4.69, 9.17) is 9.47 Å². The van der Waals surface area contributed by atoms with Gasteiger partial charge in [-0.2, -0.15) is 0 Å². The molecule has 1 atom stereocenters. The van der Waals surface area contributed by atoms with Gasteiger partial charge in [-0.3, -0.25) is 4.98 Å². The van der Waals surface area contributed by atoms with Gasteiger partial charge in [0.25, 0.3) is 0 Å². The van der Waals surface area contributed by atoms with Gasteiger partial charge in [0.05, 0.1) is 12.3 Å². The lowest BCUT2D eigenvalue weighted by molar-refractivity contribution is -0.0111. The van der Waals surface area contributed by atoms with Crippen LogP contribution in [0.15, 0.2) is 42.7 Å². The van der Waals surface area contributed by atoms with Crippen LogP contribution in [0, 0.1) is 17.8 Å². The second-order valence-electron chi connectivity index (χ2n) is 6.83. The normalized spacial score (nSPS) is 19.8. The summed E-state index contributed by atoms with van der Waals surface area (Å²) in [6, 6.07) is 10.4. The van der Waals surface area contributed by atoms with Gasteiger partial charge in [-0.1, -0.05) is 24.0 Å². The van der Waals surface area contributed by atoms with Crippen molar-refractivity contribution >= 4 is 0 Å². The molecule has 0 N–H and O–H groups in total. The summed E-state index contributed by atoms with van der Waals surface area (Å²) in [7, 11) is 0. The smallest absolute Gasteiger partial charge is 0.138 e. The molecule has 0 amide bonds. The van der Waals surface area contributed by atoms with Gasteiger partial charge in [-0.15, -0.1) is 0 Å². The highest BCUT2D eigenvalue weighted by molar-refractivity contribution is 5.64. The third-order valence-corrected chi connectivity index (χ3v) is 4.64. The zero-order chi connectivity index (χ0) is 16.9. The molecule has 1 saturated carbocycles. The summed E-state index contributed by atoms with van der Waals surface area (Å²) in [4.78, 5) is 4.32. The van der Waals surface area contributed by atoms with Gasteiger partial charge in [0, 0.05) is 29.8 Å². The molecule has 0 bridgehead atoms. The number of rotatable bonds is 4. The molecule has 0 spiro atoms. The van der Waals surface area contributed by atoms with E-state index in [0.717, 1.165) is 41.9 Å². The fraction of sp³-hybridized carbons (Fsp3) is 0.409. The maximum Gasteiger partial charge on any atom is 0.138 e. The van der Waals surface area contributed by atoms with Crippen molar-refractivity contribution in [2.24, 2.45) is 5.92 Å². The van der Waals surface area contributed by atoms with Crippen molar-refractivity contribution in [3.63, 3.8) is 0 Å². The first-order valence-electron chi connectivity index (χ1n) is 9.18. The predicted octanol–water partition coefficient (Wildman–Crippen LogP) is 4.46. The van der Waals surface area contributed by atoms with Crippen LogP contribution in [-0.2, 0) is 4.74 Å². The molecule has 2 fully saturated rings. The van der Waals surface area contributed by atoms with Crippen molar-refractivity contribution < 1.29 is 9.47 Å². The zero-order valence-electron chi connectivity index (χ0n) is 14.4. The van der Waals surface area contributed by atoms with E-state index in [1.807, 2.05) is 12.3 Å². The maximum atomic E-state index is 5.89. The molecular weight excluding hydrogens is 310 g/mol. The van der Waals surface area contributed by atoms with Crippen LogP contribution in [0.3, 0.4) is 0 Å². The Morgan fingerprint density at radius 2 is 1.92 bits per heavy atom. The average Bonchev–Trinajstić information content (AvgIpc) is 3.51. The van der Waals surface area contributed by atoms with Gasteiger partial charge in [-0.25, -0.2) is 0 Å². The van der Waals surface area contributed by atoms with Gasteiger partial charge >= 0.3 is 0 Å².